The molecular weight excluding hydrogens is 468 g/mol. The Kier molecular flexibility index (Phi) is 14.5. The van der Waals surface area contributed by atoms with Crippen molar-refractivity contribution in [3.05, 3.63) is 0 Å². The van der Waals surface area contributed by atoms with Crippen molar-refractivity contribution in [2.24, 2.45) is 23.1 Å². The van der Waals surface area contributed by atoms with Gasteiger partial charge in [-0.2, -0.15) is 11.8 Å². The molecule has 0 aliphatic carbocycles. The molecule has 5 amide bonds. The van der Waals surface area contributed by atoms with Gasteiger partial charge in [-0.15, -0.1) is 0 Å². The van der Waals surface area contributed by atoms with Gasteiger partial charge in [0.15, 0.2) is 0 Å². The minimum atomic E-state index is -1.57. The number of rotatable bonds is 17. The molecule has 0 radical (unpaired) electrons. The number of nitrogens with one attached hydrogen (secondary N) is 3. The predicted molar refractivity (Wildman–Crippen MR) is 126 cm³/mol. The normalized spacial score (nSPS) is 14.4. The molecular formula is C20H36N6O7S. The molecule has 0 aromatic carbocycles. The Morgan fingerprint density at radius 3 is 1.76 bits per heavy atom. The molecule has 0 aromatic rings. The van der Waals surface area contributed by atoms with Gasteiger partial charge < -0.3 is 38.3 Å². The third-order valence-electron chi connectivity index (χ3n) is 4.64. The Morgan fingerprint density at radius 1 is 0.824 bits per heavy atom. The molecule has 10 N–H and O–H groups in total. The van der Waals surface area contributed by atoms with Crippen LogP contribution in [0.3, 0.4) is 0 Å². The number of hydrogen-bond acceptors (Lipinski definition) is 8. The van der Waals surface area contributed by atoms with E-state index < -0.39 is 66.1 Å². The van der Waals surface area contributed by atoms with E-state index in [9.17, 15) is 33.9 Å². The molecule has 0 heterocycles. The fourth-order valence-electron chi connectivity index (χ4n) is 2.90. The lowest BCUT2D eigenvalue weighted by Crippen LogP contribution is -2.57. The smallest absolute Gasteiger partial charge is 0.326 e. The van der Waals surface area contributed by atoms with E-state index >= 15 is 0 Å². The molecule has 34 heavy (non-hydrogen) atoms. The van der Waals surface area contributed by atoms with E-state index in [0.717, 1.165) is 0 Å². The molecule has 4 unspecified atom stereocenters. The van der Waals surface area contributed by atoms with Crippen LogP contribution >= 0.6 is 11.8 Å². The molecule has 194 valence electrons. The fourth-order valence-corrected chi connectivity index (χ4v) is 3.37. The third-order valence-corrected chi connectivity index (χ3v) is 5.28. The SMILES string of the molecule is CSCCC(NC(=O)C(CCC(N)=O)NC(=O)C(N)CC(C)C)C(=O)NC(CC(N)=O)C(=O)O. The summed E-state index contributed by atoms with van der Waals surface area (Å²) in [5.74, 6) is -4.73. The number of primary amides is 2. The second kappa shape index (κ2) is 15.9. The van der Waals surface area contributed by atoms with Crippen molar-refractivity contribution >= 4 is 47.3 Å². The lowest BCUT2D eigenvalue weighted by atomic mass is 10.0. The summed E-state index contributed by atoms with van der Waals surface area (Å²) >= 11 is 1.38. The number of aliphatic carboxylic acids is 1. The highest BCUT2D eigenvalue weighted by Crippen LogP contribution is 2.07. The van der Waals surface area contributed by atoms with Crippen LogP contribution in [0.15, 0.2) is 0 Å². The number of carboxylic acids is 1. The van der Waals surface area contributed by atoms with E-state index in [0.29, 0.717) is 12.2 Å². The molecule has 0 aliphatic rings. The maximum absolute atomic E-state index is 12.9. The van der Waals surface area contributed by atoms with E-state index in [4.69, 9.17) is 17.2 Å². The topological polar surface area (TPSA) is 237 Å². The van der Waals surface area contributed by atoms with Crippen LogP contribution in [-0.4, -0.2) is 76.8 Å². The van der Waals surface area contributed by atoms with Gasteiger partial charge in [0.05, 0.1) is 12.5 Å². The number of amides is 5. The molecule has 4 atom stereocenters. The lowest BCUT2D eigenvalue weighted by Gasteiger charge is -2.25. The van der Waals surface area contributed by atoms with E-state index in [1.807, 2.05) is 13.8 Å². The first-order chi connectivity index (χ1) is 15.8. The van der Waals surface area contributed by atoms with Crippen LogP contribution in [0.4, 0.5) is 0 Å². The molecule has 0 bridgehead atoms. The van der Waals surface area contributed by atoms with Crippen LogP contribution in [0.5, 0.6) is 0 Å². The van der Waals surface area contributed by atoms with E-state index in [-0.39, 0.29) is 25.2 Å². The zero-order valence-corrected chi connectivity index (χ0v) is 20.5. The highest BCUT2D eigenvalue weighted by molar-refractivity contribution is 7.98. The van der Waals surface area contributed by atoms with Gasteiger partial charge in [-0.25, -0.2) is 4.79 Å². The predicted octanol–water partition coefficient (Wildman–Crippen LogP) is -2.21. The standard InChI is InChI=1S/C20H36N6O7S/c1-10(2)8-11(21)17(29)24-12(4-5-15(22)27)18(30)25-13(6-7-34-3)19(31)26-14(20(32)33)9-16(23)28/h10-14H,4-9,21H2,1-3H3,(H2,22,27)(H2,23,28)(H,24,29)(H,25,30)(H,26,31)(H,32,33). The van der Waals surface area contributed by atoms with Gasteiger partial charge in [-0.3, -0.25) is 24.0 Å². The molecule has 0 saturated carbocycles. The van der Waals surface area contributed by atoms with Crippen molar-refractivity contribution in [3.8, 4) is 0 Å². The summed E-state index contributed by atoms with van der Waals surface area (Å²) in [6.45, 7) is 3.75. The summed E-state index contributed by atoms with van der Waals surface area (Å²) in [7, 11) is 0. The summed E-state index contributed by atoms with van der Waals surface area (Å²) in [6, 6.07) is -4.83. The Morgan fingerprint density at radius 2 is 1.32 bits per heavy atom. The summed E-state index contributed by atoms with van der Waals surface area (Å²) in [6.07, 6.45) is 1.30. The molecule has 0 spiro atoms. The number of carbonyl (C=O) groups excluding carboxylic acids is 5. The monoisotopic (exact) mass is 504 g/mol. The van der Waals surface area contributed by atoms with Crippen molar-refractivity contribution in [3.63, 3.8) is 0 Å². The summed E-state index contributed by atoms with van der Waals surface area (Å²) in [5.41, 5.74) is 16.1. The molecule has 14 heteroatoms. The highest BCUT2D eigenvalue weighted by atomic mass is 32.2. The third kappa shape index (κ3) is 13.0. The first-order valence-corrected chi connectivity index (χ1v) is 12.1. The van der Waals surface area contributed by atoms with Crippen molar-refractivity contribution in [1.29, 1.82) is 0 Å². The van der Waals surface area contributed by atoms with Crippen LogP contribution in [-0.2, 0) is 28.8 Å². The zero-order valence-electron chi connectivity index (χ0n) is 19.7. The van der Waals surface area contributed by atoms with Gasteiger partial charge in [-0.05, 0) is 37.2 Å². The molecule has 0 aliphatic heterocycles. The van der Waals surface area contributed by atoms with Crippen molar-refractivity contribution < 1.29 is 33.9 Å². The van der Waals surface area contributed by atoms with Gasteiger partial charge in [0, 0.05) is 6.42 Å². The number of carbonyl (C=O) groups is 6. The number of hydrogen-bond donors (Lipinski definition) is 7. The molecule has 0 fully saturated rings. The second-order valence-electron chi connectivity index (χ2n) is 8.21. The van der Waals surface area contributed by atoms with Crippen LogP contribution in [0, 0.1) is 5.92 Å². The van der Waals surface area contributed by atoms with Crippen molar-refractivity contribution in [1.82, 2.24) is 16.0 Å². The average Bonchev–Trinajstić information content (AvgIpc) is 2.71. The Balaban J connectivity index is 5.53. The van der Waals surface area contributed by atoms with Gasteiger partial charge in [-0.1, -0.05) is 13.8 Å². The van der Waals surface area contributed by atoms with E-state index in [1.54, 1.807) is 6.26 Å². The van der Waals surface area contributed by atoms with Crippen molar-refractivity contribution in [2.75, 3.05) is 12.0 Å². The summed E-state index contributed by atoms with van der Waals surface area (Å²) in [4.78, 5) is 71.7. The van der Waals surface area contributed by atoms with Crippen LogP contribution in [0.25, 0.3) is 0 Å². The average molecular weight is 505 g/mol. The first-order valence-electron chi connectivity index (χ1n) is 10.7. The lowest BCUT2D eigenvalue weighted by molar-refractivity contribution is -0.143. The second-order valence-corrected chi connectivity index (χ2v) is 9.20. The Bertz CT molecular complexity index is 749. The number of thioether (sulfide) groups is 1. The molecule has 0 aromatic heterocycles. The number of nitrogens with two attached hydrogens (primary N) is 3. The fraction of sp³-hybridized carbons (Fsp3) is 0.700. The summed E-state index contributed by atoms with van der Waals surface area (Å²) < 4.78 is 0. The zero-order chi connectivity index (χ0) is 26.4. The maximum atomic E-state index is 12.9. The maximum Gasteiger partial charge on any atom is 0.326 e. The first kappa shape index (κ1) is 31.1. The van der Waals surface area contributed by atoms with Crippen LogP contribution in [0.1, 0.15) is 46.0 Å². The summed E-state index contributed by atoms with van der Waals surface area (Å²) in [5, 5.41) is 16.4. The van der Waals surface area contributed by atoms with Crippen LogP contribution < -0.4 is 33.2 Å². The minimum Gasteiger partial charge on any atom is -0.480 e. The number of carboxylic acid groups (broad SMARTS) is 1. The Labute approximate surface area is 202 Å². The highest BCUT2D eigenvalue weighted by Gasteiger charge is 2.31. The minimum absolute atomic E-state index is 0.126. The van der Waals surface area contributed by atoms with E-state index in [2.05, 4.69) is 16.0 Å². The molecule has 13 nitrogen and oxygen atoms in total. The van der Waals surface area contributed by atoms with E-state index in [1.165, 1.54) is 11.8 Å². The largest absolute Gasteiger partial charge is 0.480 e. The van der Waals surface area contributed by atoms with Crippen molar-refractivity contribution in [2.45, 2.75) is 70.1 Å². The quantitative estimate of drug-likeness (QED) is 0.113. The van der Waals surface area contributed by atoms with Gasteiger partial charge >= 0.3 is 5.97 Å². The van der Waals surface area contributed by atoms with Gasteiger partial charge in [0.25, 0.3) is 0 Å². The molecule has 0 rings (SSSR count). The molecule has 0 saturated heterocycles. The van der Waals surface area contributed by atoms with Crippen LogP contribution in [0.2, 0.25) is 0 Å². The van der Waals surface area contributed by atoms with Gasteiger partial charge in [0.1, 0.15) is 18.1 Å². The Hall–Kier alpha value is -2.87. The van der Waals surface area contributed by atoms with Gasteiger partial charge in [0.2, 0.25) is 29.5 Å².